The Morgan fingerprint density at radius 3 is 2.33 bits per heavy atom. The van der Waals surface area contributed by atoms with Crippen molar-refractivity contribution in [3.8, 4) is 5.75 Å². The number of hydrogen-bond acceptors (Lipinski definition) is 5. The van der Waals surface area contributed by atoms with Crippen molar-refractivity contribution < 1.29 is 17.9 Å². The summed E-state index contributed by atoms with van der Waals surface area (Å²) in [5.74, 6) is 0.173. The first-order valence-electron chi connectivity index (χ1n) is 7.74. The topological polar surface area (TPSA) is 87.7 Å². The summed E-state index contributed by atoms with van der Waals surface area (Å²) in [7, 11) is 0.638. The predicted octanol–water partition coefficient (Wildman–Crippen LogP) is 3.30. The molecule has 0 saturated heterocycles. The van der Waals surface area contributed by atoms with Crippen LogP contribution in [0.4, 0.5) is 11.4 Å². The molecule has 0 unspecified atom stereocenters. The Hall–Kier alpha value is -2.00. The van der Waals surface area contributed by atoms with Gasteiger partial charge >= 0.3 is 0 Å². The minimum Gasteiger partial charge on any atom is -0.495 e. The molecule has 7 nitrogen and oxygen atoms in total. The molecule has 2 aromatic rings. The fourth-order valence-electron chi connectivity index (χ4n) is 2.14. The van der Waals surface area contributed by atoms with Crippen molar-refractivity contribution in [1.82, 2.24) is 4.31 Å². The SMILES string of the molecule is COc1ccc(NC(=O)CNc2ccc(Cl)c(S(=O)(=O)N(C)C)c2)cc1Cl. The molecule has 10 heteroatoms. The Bertz CT molecular complexity index is 949. The van der Waals surface area contributed by atoms with E-state index in [-0.39, 0.29) is 22.4 Å². The van der Waals surface area contributed by atoms with Crippen molar-refractivity contribution in [3.05, 3.63) is 46.4 Å². The van der Waals surface area contributed by atoms with E-state index in [0.29, 0.717) is 22.1 Å². The van der Waals surface area contributed by atoms with E-state index >= 15 is 0 Å². The normalized spacial score (nSPS) is 11.3. The second-order valence-corrected chi connectivity index (χ2v) is 8.62. The van der Waals surface area contributed by atoms with E-state index in [4.69, 9.17) is 27.9 Å². The third-order valence-corrected chi connectivity index (χ3v) is 6.17. The summed E-state index contributed by atoms with van der Waals surface area (Å²) in [6.45, 7) is -0.0767. The lowest BCUT2D eigenvalue weighted by molar-refractivity contribution is -0.114. The highest BCUT2D eigenvalue weighted by Gasteiger charge is 2.21. The van der Waals surface area contributed by atoms with Gasteiger partial charge in [-0.2, -0.15) is 0 Å². The van der Waals surface area contributed by atoms with Gasteiger partial charge in [-0.25, -0.2) is 12.7 Å². The molecule has 146 valence electrons. The van der Waals surface area contributed by atoms with Crippen LogP contribution in [0, 0.1) is 0 Å². The fourth-order valence-corrected chi connectivity index (χ4v) is 3.79. The van der Waals surface area contributed by atoms with Gasteiger partial charge in [0.15, 0.2) is 0 Å². The van der Waals surface area contributed by atoms with Crippen LogP contribution in [-0.2, 0) is 14.8 Å². The number of ether oxygens (including phenoxy) is 1. The van der Waals surface area contributed by atoms with Gasteiger partial charge in [0.2, 0.25) is 15.9 Å². The molecule has 0 heterocycles. The van der Waals surface area contributed by atoms with Crippen molar-refractivity contribution in [2.75, 3.05) is 38.4 Å². The number of amides is 1. The molecule has 0 radical (unpaired) electrons. The van der Waals surface area contributed by atoms with E-state index in [1.165, 1.54) is 33.3 Å². The third-order valence-electron chi connectivity index (χ3n) is 3.58. The zero-order chi connectivity index (χ0) is 20.2. The van der Waals surface area contributed by atoms with E-state index in [1.54, 1.807) is 24.3 Å². The standard InChI is InChI=1S/C17H19Cl2N3O4S/c1-22(2)27(24,25)16-9-11(4-6-13(16)18)20-10-17(23)21-12-5-7-15(26-3)14(19)8-12/h4-9,20H,10H2,1-3H3,(H,21,23). The molecule has 0 aliphatic rings. The number of carbonyl (C=O) groups excluding carboxylic acids is 1. The average Bonchev–Trinajstić information content (AvgIpc) is 2.61. The highest BCUT2D eigenvalue weighted by atomic mass is 35.5. The molecular weight excluding hydrogens is 413 g/mol. The first-order valence-corrected chi connectivity index (χ1v) is 9.94. The quantitative estimate of drug-likeness (QED) is 0.701. The predicted molar refractivity (Wildman–Crippen MR) is 107 cm³/mol. The van der Waals surface area contributed by atoms with Gasteiger partial charge < -0.3 is 15.4 Å². The zero-order valence-corrected chi connectivity index (χ0v) is 17.2. The largest absolute Gasteiger partial charge is 0.495 e. The average molecular weight is 432 g/mol. The number of hydrogen-bond donors (Lipinski definition) is 2. The third kappa shape index (κ3) is 5.26. The summed E-state index contributed by atoms with van der Waals surface area (Å²) < 4.78 is 30.7. The Balaban J connectivity index is 2.06. The second kappa shape index (κ2) is 8.79. The lowest BCUT2D eigenvalue weighted by Gasteiger charge is -2.14. The maximum atomic E-state index is 12.3. The molecule has 0 saturated carbocycles. The van der Waals surface area contributed by atoms with Gasteiger partial charge in [0.1, 0.15) is 10.6 Å². The summed E-state index contributed by atoms with van der Waals surface area (Å²) in [6.07, 6.45) is 0. The second-order valence-electron chi connectivity index (χ2n) is 5.68. The monoisotopic (exact) mass is 431 g/mol. The van der Waals surface area contributed by atoms with Gasteiger partial charge in [0, 0.05) is 25.5 Å². The number of anilines is 2. The molecule has 0 aliphatic carbocycles. The number of halogens is 2. The van der Waals surface area contributed by atoms with Crippen LogP contribution in [0.1, 0.15) is 0 Å². The van der Waals surface area contributed by atoms with Crippen LogP contribution < -0.4 is 15.4 Å². The lowest BCUT2D eigenvalue weighted by Crippen LogP contribution is -2.23. The molecule has 0 aromatic heterocycles. The van der Waals surface area contributed by atoms with E-state index in [0.717, 1.165) is 4.31 Å². The Morgan fingerprint density at radius 1 is 1.07 bits per heavy atom. The molecule has 2 N–H and O–H groups in total. The van der Waals surface area contributed by atoms with Gasteiger partial charge in [0.05, 0.1) is 23.7 Å². The number of benzene rings is 2. The highest BCUT2D eigenvalue weighted by Crippen LogP contribution is 2.28. The van der Waals surface area contributed by atoms with Crippen LogP contribution >= 0.6 is 23.2 Å². The Kier molecular flexibility index (Phi) is 6.94. The van der Waals surface area contributed by atoms with E-state index in [9.17, 15) is 13.2 Å². The molecule has 2 aromatic carbocycles. The number of nitrogens with zero attached hydrogens (tertiary/aromatic N) is 1. The van der Waals surface area contributed by atoms with Crippen molar-refractivity contribution in [3.63, 3.8) is 0 Å². The van der Waals surface area contributed by atoms with Crippen LogP contribution in [0.5, 0.6) is 5.75 Å². The van der Waals surface area contributed by atoms with Crippen LogP contribution in [0.25, 0.3) is 0 Å². The molecule has 0 bridgehead atoms. The maximum absolute atomic E-state index is 12.3. The maximum Gasteiger partial charge on any atom is 0.244 e. The van der Waals surface area contributed by atoms with E-state index < -0.39 is 10.0 Å². The van der Waals surface area contributed by atoms with E-state index in [1.807, 2.05) is 0 Å². The number of nitrogens with one attached hydrogen (secondary N) is 2. The zero-order valence-electron chi connectivity index (χ0n) is 14.9. The van der Waals surface area contributed by atoms with Gasteiger partial charge in [-0.1, -0.05) is 23.2 Å². The summed E-state index contributed by atoms with van der Waals surface area (Å²) in [5.41, 5.74) is 0.960. The molecule has 2 rings (SSSR count). The summed E-state index contributed by atoms with van der Waals surface area (Å²) >= 11 is 12.0. The van der Waals surface area contributed by atoms with Crippen LogP contribution in [0.2, 0.25) is 10.0 Å². The molecule has 27 heavy (non-hydrogen) atoms. The number of rotatable bonds is 7. The first kappa shape index (κ1) is 21.3. The number of methoxy groups -OCH3 is 1. The van der Waals surface area contributed by atoms with Crippen LogP contribution in [0.3, 0.4) is 0 Å². The van der Waals surface area contributed by atoms with Crippen molar-refractivity contribution in [2.24, 2.45) is 0 Å². The Morgan fingerprint density at radius 2 is 1.74 bits per heavy atom. The van der Waals surface area contributed by atoms with E-state index in [2.05, 4.69) is 10.6 Å². The molecule has 0 atom stereocenters. The minimum absolute atomic E-state index is 0.0403. The van der Waals surface area contributed by atoms with Gasteiger partial charge in [-0.15, -0.1) is 0 Å². The summed E-state index contributed by atoms with van der Waals surface area (Å²) in [4.78, 5) is 12.1. The highest BCUT2D eigenvalue weighted by molar-refractivity contribution is 7.89. The smallest absolute Gasteiger partial charge is 0.244 e. The van der Waals surface area contributed by atoms with Gasteiger partial charge in [-0.05, 0) is 36.4 Å². The first-order chi connectivity index (χ1) is 12.6. The summed E-state index contributed by atoms with van der Waals surface area (Å²) in [6, 6.07) is 9.31. The van der Waals surface area contributed by atoms with Crippen LogP contribution in [-0.4, -0.2) is 46.4 Å². The fraction of sp³-hybridized carbons (Fsp3) is 0.235. The van der Waals surface area contributed by atoms with Crippen LogP contribution in [0.15, 0.2) is 41.3 Å². The molecular formula is C17H19Cl2N3O4S. The van der Waals surface area contributed by atoms with Crippen molar-refractivity contribution >= 4 is 50.5 Å². The molecule has 0 spiro atoms. The lowest BCUT2D eigenvalue weighted by atomic mass is 10.3. The van der Waals surface area contributed by atoms with Crippen molar-refractivity contribution in [1.29, 1.82) is 0 Å². The summed E-state index contributed by atoms with van der Waals surface area (Å²) in [5, 5.41) is 6.03. The molecule has 1 amide bonds. The number of carbonyl (C=O) groups is 1. The van der Waals surface area contributed by atoms with Crippen molar-refractivity contribution in [2.45, 2.75) is 4.90 Å². The Labute approximate surface area is 168 Å². The van der Waals surface area contributed by atoms with Gasteiger partial charge in [0.25, 0.3) is 0 Å². The molecule has 0 aliphatic heterocycles. The van der Waals surface area contributed by atoms with Gasteiger partial charge in [-0.3, -0.25) is 4.79 Å². The minimum atomic E-state index is -3.69. The number of sulfonamides is 1. The molecule has 0 fully saturated rings.